The molecule has 0 saturated carbocycles. The minimum absolute atomic E-state index is 0. The van der Waals surface area contributed by atoms with Crippen LogP contribution in [0, 0.1) is 0 Å². The summed E-state index contributed by atoms with van der Waals surface area (Å²) in [6.45, 7) is 1.95. The smallest absolute Gasteiger partial charge is 0.693 e. The molecule has 0 bridgehead atoms. The van der Waals surface area contributed by atoms with E-state index in [0.29, 0.717) is 0 Å². The molecule has 13 heavy (non-hydrogen) atoms. The summed E-state index contributed by atoms with van der Waals surface area (Å²) in [4.78, 5) is 9.65. The van der Waals surface area contributed by atoms with Gasteiger partial charge in [-0.2, -0.15) is 0 Å². The molecule has 7 nitrogen and oxygen atoms in total. The molecule has 10 N–H and O–H groups in total. The Labute approximate surface area is 90.2 Å². The molecule has 0 fully saturated rings. The molecule has 8 heteroatoms. The van der Waals surface area contributed by atoms with E-state index < -0.39 is 5.97 Å². The molecule has 88 valence electrons. The molecule has 0 saturated heterocycles. The topological polar surface area (TPSA) is 208 Å². The van der Waals surface area contributed by atoms with E-state index >= 15 is 0 Å². The summed E-state index contributed by atoms with van der Waals surface area (Å²) >= 11 is 0. The molecule has 0 heterocycles. The molecule has 0 atom stereocenters. The van der Waals surface area contributed by atoms with E-state index in [2.05, 4.69) is 0 Å². The van der Waals surface area contributed by atoms with Crippen molar-refractivity contribution in [1.82, 2.24) is 0 Å². The number of carbonyl (C=O) groups is 1. The Balaban J connectivity index is -0.0000000120. The predicted octanol–water partition coefficient (Wildman–Crippen LogP) is 3.51. The quantitative estimate of drug-likeness (QED) is 0.724. The SMILES string of the molecule is CCCCC(=O)[O-].[Co+3].[NH2-].[NH2-].[NH2-].[NH2-].[NH2-]. The second kappa shape index (κ2) is 41.0. The van der Waals surface area contributed by atoms with Crippen molar-refractivity contribution in [3.63, 3.8) is 0 Å². The van der Waals surface area contributed by atoms with Crippen LogP contribution in [0.1, 0.15) is 26.2 Å². The van der Waals surface area contributed by atoms with Crippen molar-refractivity contribution in [1.29, 1.82) is 0 Å². The van der Waals surface area contributed by atoms with Crippen LogP contribution >= 0.6 is 0 Å². The van der Waals surface area contributed by atoms with Crippen molar-refractivity contribution in [3.8, 4) is 0 Å². The van der Waals surface area contributed by atoms with E-state index in [0.717, 1.165) is 12.8 Å². The summed E-state index contributed by atoms with van der Waals surface area (Å²) in [6.07, 6.45) is 1.87. The molecular weight excluding hydrogens is 221 g/mol. The maximum Gasteiger partial charge on any atom is 3.00 e. The Morgan fingerprint density at radius 2 is 1.38 bits per heavy atom. The zero-order chi connectivity index (χ0) is 5.70. The predicted molar refractivity (Wildman–Crippen MR) is 51.0 cm³/mol. The second-order valence-electron chi connectivity index (χ2n) is 1.48. The van der Waals surface area contributed by atoms with Crippen LogP contribution in [-0.2, 0) is 21.6 Å². The number of unbranched alkanes of at least 4 members (excludes halogenated alkanes) is 1. The molecule has 0 aliphatic carbocycles. The van der Waals surface area contributed by atoms with Crippen molar-refractivity contribution < 1.29 is 26.7 Å². The average molecular weight is 240 g/mol. The molecule has 0 amide bonds. The maximum atomic E-state index is 9.65. The van der Waals surface area contributed by atoms with Gasteiger partial charge in [-0.3, -0.25) is 0 Å². The van der Waals surface area contributed by atoms with Crippen LogP contribution in [-0.4, -0.2) is 5.97 Å². The summed E-state index contributed by atoms with van der Waals surface area (Å²) in [7, 11) is 0. The van der Waals surface area contributed by atoms with E-state index in [1.165, 1.54) is 0 Å². The Hall–Kier alpha value is -0.224. The van der Waals surface area contributed by atoms with Gasteiger partial charge in [0.05, 0.1) is 0 Å². The molecule has 0 aliphatic rings. The number of carboxylic acid groups (broad SMARTS) is 1. The summed E-state index contributed by atoms with van der Waals surface area (Å²) in [5, 5.41) is 9.65. The van der Waals surface area contributed by atoms with E-state index in [1.54, 1.807) is 0 Å². The van der Waals surface area contributed by atoms with Crippen LogP contribution in [0.2, 0.25) is 0 Å². The minimum atomic E-state index is -0.943. The zero-order valence-electron chi connectivity index (χ0n) is 7.66. The zero-order valence-corrected chi connectivity index (χ0v) is 8.70. The molecule has 0 aliphatic heterocycles. The van der Waals surface area contributed by atoms with Crippen LogP contribution in [0.3, 0.4) is 0 Å². The molecule has 0 aromatic carbocycles. The van der Waals surface area contributed by atoms with Gasteiger partial charge >= 0.3 is 16.8 Å². The van der Waals surface area contributed by atoms with E-state index in [4.69, 9.17) is 0 Å². The largest absolute Gasteiger partial charge is 3.00 e. The Bertz CT molecular complexity index is 75.9. The fourth-order valence-corrected chi connectivity index (χ4v) is 0.321. The van der Waals surface area contributed by atoms with Crippen LogP contribution in [0.5, 0.6) is 0 Å². The average Bonchev–Trinajstić information content (AvgIpc) is 1.61. The summed E-state index contributed by atoms with van der Waals surface area (Å²) in [5.41, 5.74) is 0. The van der Waals surface area contributed by atoms with E-state index in [9.17, 15) is 9.90 Å². The number of carbonyl (C=O) groups excluding carboxylic acids is 1. The van der Waals surface area contributed by atoms with Crippen LogP contribution < -0.4 is 5.11 Å². The van der Waals surface area contributed by atoms with Gasteiger partial charge in [-0.15, -0.1) is 0 Å². The van der Waals surface area contributed by atoms with Gasteiger partial charge < -0.3 is 40.7 Å². The summed E-state index contributed by atoms with van der Waals surface area (Å²) in [6, 6.07) is 0. The Kier molecular flexibility index (Phi) is 167. The van der Waals surface area contributed by atoms with Crippen molar-refractivity contribution in [2.24, 2.45) is 0 Å². The Morgan fingerprint density at radius 1 is 1.08 bits per heavy atom. The molecule has 0 rings (SSSR count). The van der Waals surface area contributed by atoms with Crippen molar-refractivity contribution in [2.45, 2.75) is 26.2 Å². The van der Waals surface area contributed by atoms with E-state index in [-0.39, 0.29) is 54.0 Å². The number of hydrogen-bond donors (Lipinski definition) is 0. The monoisotopic (exact) mass is 240 g/mol. The molecule has 0 aromatic heterocycles. The minimum Gasteiger partial charge on any atom is -0.693 e. The first kappa shape index (κ1) is 53.1. The van der Waals surface area contributed by atoms with Crippen molar-refractivity contribution >= 4 is 5.97 Å². The van der Waals surface area contributed by atoms with Crippen LogP contribution in [0.4, 0.5) is 0 Å². The van der Waals surface area contributed by atoms with Gasteiger partial charge in [0.25, 0.3) is 0 Å². The third kappa shape index (κ3) is 78.9. The van der Waals surface area contributed by atoms with Gasteiger partial charge in [0, 0.05) is 5.97 Å². The molecule has 0 unspecified atom stereocenters. The van der Waals surface area contributed by atoms with Gasteiger partial charge in [-0.25, -0.2) is 0 Å². The number of rotatable bonds is 3. The van der Waals surface area contributed by atoms with Gasteiger partial charge in [0.15, 0.2) is 0 Å². The summed E-state index contributed by atoms with van der Waals surface area (Å²) in [5.74, 6) is -0.943. The van der Waals surface area contributed by atoms with E-state index in [1.807, 2.05) is 6.92 Å². The van der Waals surface area contributed by atoms with Crippen LogP contribution in [0.25, 0.3) is 30.8 Å². The first-order valence-corrected chi connectivity index (χ1v) is 2.47. The van der Waals surface area contributed by atoms with Gasteiger partial charge in [0.2, 0.25) is 0 Å². The number of aliphatic carboxylic acids is 1. The van der Waals surface area contributed by atoms with Gasteiger partial charge in [-0.1, -0.05) is 13.3 Å². The maximum absolute atomic E-state index is 9.65. The summed E-state index contributed by atoms with van der Waals surface area (Å²) < 4.78 is 0. The van der Waals surface area contributed by atoms with Crippen molar-refractivity contribution in [3.05, 3.63) is 30.8 Å². The molecule has 0 radical (unpaired) electrons. The fraction of sp³-hybridized carbons (Fsp3) is 0.800. The normalized spacial score (nSPS) is 4.69. The second-order valence-corrected chi connectivity index (χ2v) is 1.48. The Morgan fingerprint density at radius 3 is 1.46 bits per heavy atom. The molecule has 0 spiro atoms. The number of hydrogen-bond acceptors (Lipinski definition) is 2. The number of nitrogens with two attached hydrogens (primary N) is 5. The number of carboxylic acids is 1. The first-order valence-electron chi connectivity index (χ1n) is 2.47. The van der Waals surface area contributed by atoms with Crippen molar-refractivity contribution in [2.75, 3.05) is 0 Å². The third-order valence-electron chi connectivity index (χ3n) is 0.734. The van der Waals surface area contributed by atoms with Gasteiger partial charge in [0.1, 0.15) is 0 Å². The first-order chi connectivity index (χ1) is 3.27. The molecule has 0 aromatic rings. The third-order valence-corrected chi connectivity index (χ3v) is 0.734. The van der Waals surface area contributed by atoms with Gasteiger partial charge in [-0.05, 0) is 12.8 Å². The standard InChI is InChI=1S/C5H10O2.Co.5H2N/c1-2-3-4-5(6)7;;;;;;/h2-4H2,1H3,(H,6,7);;5*1H2/q;+3;5*-1/p-1. The molecular formula is C5H19CoN5O2-3. The van der Waals surface area contributed by atoms with Crippen LogP contribution in [0.15, 0.2) is 0 Å². The fourth-order valence-electron chi connectivity index (χ4n) is 0.321.